The minimum Gasteiger partial charge on any atom is -0.508 e. The molecule has 6 rings (SSSR count). The van der Waals surface area contributed by atoms with Crippen molar-refractivity contribution in [3.63, 3.8) is 0 Å². The zero-order valence-electron chi connectivity index (χ0n) is 22.1. The minimum absolute atomic E-state index is 0.151. The van der Waals surface area contributed by atoms with Crippen LogP contribution in [-0.2, 0) is 25.6 Å². The molecule has 1 heterocycles. The van der Waals surface area contributed by atoms with Gasteiger partial charge in [-0.05, 0) is 89.3 Å². The zero-order chi connectivity index (χ0) is 28.5. The molecule has 0 bridgehead atoms. The van der Waals surface area contributed by atoms with Crippen molar-refractivity contribution in [2.24, 2.45) is 17.8 Å². The highest BCUT2D eigenvalue weighted by Gasteiger charge is 2.56. The van der Waals surface area contributed by atoms with Crippen LogP contribution in [0.15, 0.2) is 69.8 Å². The van der Waals surface area contributed by atoms with E-state index in [4.69, 9.17) is 0 Å². The number of Topliss-reactive ketones (excluding diaryl/α,β-unsaturated/α-hetero) is 1. The number of aryl methyl sites for hydroxylation is 2. The Morgan fingerprint density at radius 3 is 2.30 bits per heavy atom. The molecule has 2 aromatic rings. The number of imide groups is 1. The average Bonchev–Trinajstić information content (AvgIpc) is 3.17. The Balaban J connectivity index is 1.40. The fourth-order valence-corrected chi connectivity index (χ4v) is 7.38. The van der Waals surface area contributed by atoms with E-state index in [9.17, 15) is 29.4 Å². The molecule has 3 aliphatic carbocycles. The molecule has 7 nitrogen and oxygen atoms in total. The Morgan fingerprint density at radius 1 is 0.950 bits per heavy atom. The Labute approximate surface area is 240 Å². The summed E-state index contributed by atoms with van der Waals surface area (Å²) in [5.74, 6) is -2.71. The molecular weight excluding hydrogens is 574 g/mol. The molecule has 0 radical (unpaired) electrons. The number of rotatable bonds is 4. The van der Waals surface area contributed by atoms with Gasteiger partial charge >= 0.3 is 0 Å². The van der Waals surface area contributed by atoms with Gasteiger partial charge in [-0.15, -0.1) is 0 Å². The monoisotopic (exact) mass is 601 g/mol. The third kappa shape index (κ3) is 4.08. The quantitative estimate of drug-likeness (QED) is 0.298. The summed E-state index contributed by atoms with van der Waals surface area (Å²) in [6, 6.07) is 10.4. The SMILES string of the molecule is Cc1cc([C@H]2C3=CC[C@@H]4C(=O)N(CCc5ccc(O)cc5)C(=O)[C@@H]4[C@@H]3CC3=C2C(=O)C=C(Br)C3=O)cc(C)c1O. The number of ketones is 2. The largest absolute Gasteiger partial charge is 0.508 e. The second kappa shape index (κ2) is 9.70. The summed E-state index contributed by atoms with van der Waals surface area (Å²) in [6.45, 7) is 3.82. The van der Waals surface area contributed by atoms with Crippen LogP contribution in [0.2, 0.25) is 0 Å². The van der Waals surface area contributed by atoms with E-state index in [-0.39, 0.29) is 52.3 Å². The van der Waals surface area contributed by atoms with Gasteiger partial charge in [-0.1, -0.05) is 35.9 Å². The lowest BCUT2D eigenvalue weighted by Crippen LogP contribution is -2.39. The maximum atomic E-state index is 13.9. The number of carbonyl (C=O) groups excluding carboxylic acids is 4. The molecule has 1 saturated heterocycles. The van der Waals surface area contributed by atoms with Crippen molar-refractivity contribution in [1.29, 1.82) is 0 Å². The maximum absolute atomic E-state index is 13.9. The molecular formula is C32H28BrNO6. The second-order valence-corrected chi connectivity index (χ2v) is 12.0. The molecule has 2 N–H and O–H groups in total. The van der Waals surface area contributed by atoms with Gasteiger partial charge in [0.05, 0.1) is 16.3 Å². The van der Waals surface area contributed by atoms with Gasteiger partial charge in [-0.25, -0.2) is 0 Å². The number of halogens is 1. The first-order chi connectivity index (χ1) is 19.1. The first-order valence-corrected chi connectivity index (χ1v) is 14.2. The molecule has 0 spiro atoms. The lowest BCUT2D eigenvalue weighted by Gasteiger charge is -2.42. The van der Waals surface area contributed by atoms with Gasteiger partial charge in [0.2, 0.25) is 11.8 Å². The van der Waals surface area contributed by atoms with Crippen LogP contribution >= 0.6 is 15.9 Å². The topological polar surface area (TPSA) is 112 Å². The number of nitrogens with zero attached hydrogens (tertiary/aromatic N) is 1. The highest BCUT2D eigenvalue weighted by atomic mass is 79.9. The van der Waals surface area contributed by atoms with Gasteiger partial charge in [-0.2, -0.15) is 0 Å². The molecule has 204 valence electrons. The Morgan fingerprint density at radius 2 is 1.62 bits per heavy atom. The third-order valence-corrected chi connectivity index (χ3v) is 9.42. The number of hydrogen-bond acceptors (Lipinski definition) is 6. The number of likely N-dealkylation sites (tertiary alicyclic amines) is 1. The Kier molecular flexibility index (Phi) is 6.41. The molecule has 2 aromatic carbocycles. The summed E-state index contributed by atoms with van der Waals surface area (Å²) in [5.41, 5.74) is 4.69. The van der Waals surface area contributed by atoms with Crippen LogP contribution in [0.25, 0.3) is 0 Å². The van der Waals surface area contributed by atoms with Gasteiger partial charge in [0.15, 0.2) is 11.6 Å². The van der Waals surface area contributed by atoms with Gasteiger partial charge in [0.25, 0.3) is 0 Å². The number of phenolic OH excluding ortho intramolecular Hbond substituents is 2. The van der Waals surface area contributed by atoms with E-state index in [2.05, 4.69) is 15.9 Å². The number of fused-ring (bicyclic) bond motifs is 3. The van der Waals surface area contributed by atoms with Crippen LogP contribution in [0.5, 0.6) is 11.5 Å². The standard InChI is InChI=1S/C32H28BrNO6/c1-15-11-18(12-16(2)29(15)37)26-20-7-8-21-27(22(20)13-23-28(26)25(36)14-24(33)30(23)38)32(40)34(31(21)39)10-9-17-3-5-19(35)6-4-17/h3-7,11-12,14,21-22,26-27,35,37H,8-10,13H2,1-2H3/t21-,22+,26-,27-/m0/s1. The van der Waals surface area contributed by atoms with Crippen molar-refractivity contribution in [3.8, 4) is 11.5 Å². The van der Waals surface area contributed by atoms with Gasteiger partial charge < -0.3 is 10.2 Å². The number of carbonyl (C=O) groups is 4. The second-order valence-electron chi connectivity index (χ2n) is 11.1. The summed E-state index contributed by atoms with van der Waals surface area (Å²) in [6.07, 6.45) is 4.38. The first kappa shape index (κ1) is 26.4. The maximum Gasteiger partial charge on any atom is 0.233 e. The van der Waals surface area contributed by atoms with Gasteiger partial charge in [-0.3, -0.25) is 24.1 Å². The molecule has 0 saturated carbocycles. The smallest absolute Gasteiger partial charge is 0.233 e. The van der Waals surface area contributed by atoms with Crippen molar-refractivity contribution in [2.45, 2.75) is 39.0 Å². The Hall–Kier alpha value is -3.78. The number of aromatic hydroxyl groups is 2. The zero-order valence-corrected chi connectivity index (χ0v) is 23.7. The molecule has 0 unspecified atom stereocenters. The van der Waals surface area contributed by atoms with Gasteiger partial charge in [0.1, 0.15) is 11.5 Å². The van der Waals surface area contributed by atoms with Crippen LogP contribution in [-0.4, -0.2) is 45.0 Å². The van der Waals surface area contributed by atoms with E-state index in [1.54, 1.807) is 38.1 Å². The number of hydrogen-bond donors (Lipinski definition) is 2. The highest BCUT2D eigenvalue weighted by molar-refractivity contribution is 9.12. The van der Waals surface area contributed by atoms with Crippen LogP contribution in [0.1, 0.15) is 41.0 Å². The first-order valence-electron chi connectivity index (χ1n) is 13.4. The van der Waals surface area contributed by atoms with E-state index in [0.29, 0.717) is 35.1 Å². The summed E-state index contributed by atoms with van der Waals surface area (Å²) >= 11 is 3.25. The van der Waals surface area contributed by atoms with Crippen molar-refractivity contribution in [1.82, 2.24) is 4.90 Å². The van der Waals surface area contributed by atoms with E-state index >= 15 is 0 Å². The Bertz CT molecular complexity index is 1570. The van der Waals surface area contributed by atoms with E-state index in [1.807, 2.05) is 18.2 Å². The molecule has 40 heavy (non-hydrogen) atoms. The summed E-state index contributed by atoms with van der Waals surface area (Å²) < 4.78 is 0.192. The molecule has 2 amide bonds. The van der Waals surface area contributed by atoms with E-state index < -0.39 is 23.7 Å². The normalized spacial score (nSPS) is 25.9. The number of phenols is 2. The van der Waals surface area contributed by atoms with Crippen molar-refractivity contribution in [2.75, 3.05) is 6.54 Å². The van der Waals surface area contributed by atoms with Crippen LogP contribution in [0.3, 0.4) is 0 Å². The third-order valence-electron chi connectivity index (χ3n) is 8.83. The van der Waals surface area contributed by atoms with E-state index in [0.717, 1.165) is 16.7 Å². The van der Waals surface area contributed by atoms with Gasteiger partial charge in [0, 0.05) is 29.7 Å². The van der Waals surface area contributed by atoms with E-state index in [1.165, 1.54) is 11.0 Å². The molecule has 1 fully saturated rings. The summed E-state index contributed by atoms with van der Waals surface area (Å²) in [4.78, 5) is 55.4. The minimum atomic E-state index is -0.615. The fourth-order valence-electron chi connectivity index (χ4n) is 6.93. The van der Waals surface area contributed by atoms with Crippen molar-refractivity contribution >= 4 is 39.3 Å². The van der Waals surface area contributed by atoms with Crippen LogP contribution < -0.4 is 0 Å². The molecule has 8 heteroatoms. The number of benzene rings is 2. The average molecular weight is 602 g/mol. The molecule has 1 aliphatic heterocycles. The molecule has 4 aliphatic rings. The van der Waals surface area contributed by atoms with Crippen LogP contribution in [0, 0.1) is 31.6 Å². The fraction of sp³-hybridized carbons (Fsp3) is 0.312. The predicted octanol–water partition coefficient (Wildman–Crippen LogP) is 4.72. The van der Waals surface area contributed by atoms with Crippen LogP contribution in [0.4, 0.5) is 0 Å². The molecule has 4 atom stereocenters. The summed E-state index contributed by atoms with van der Waals surface area (Å²) in [7, 11) is 0. The van der Waals surface area contributed by atoms with Crippen molar-refractivity contribution < 1.29 is 29.4 Å². The predicted molar refractivity (Wildman–Crippen MR) is 151 cm³/mol. The summed E-state index contributed by atoms with van der Waals surface area (Å²) in [5, 5.41) is 20.0. The molecule has 0 aromatic heterocycles. The highest BCUT2D eigenvalue weighted by Crippen LogP contribution is 2.55. The lowest BCUT2D eigenvalue weighted by molar-refractivity contribution is -0.140. The number of allylic oxidation sites excluding steroid dienone is 6. The number of amides is 2. The van der Waals surface area contributed by atoms with Crippen molar-refractivity contribution in [3.05, 3.63) is 92.0 Å². The lowest BCUT2D eigenvalue weighted by atomic mass is 9.59.